The van der Waals surface area contributed by atoms with Crippen molar-refractivity contribution in [2.75, 3.05) is 5.32 Å². The maximum atomic E-state index is 11.2. The molecule has 0 spiro atoms. The van der Waals surface area contributed by atoms with Crippen molar-refractivity contribution in [1.29, 1.82) is 0 Å². The number of carbonyl (C=O) groups is 1. The number of rotatable bonds is 4. The molecule has 1 aromatic rings. The maximum absolute atomic E-state index is 11.2. The fraction of sp³-hybridized carbons (Fsp3) is 0.444. The van der Waals surface area contributed by atoms with Gasteiger partial charge in [-0.1, -0.05) is 12.1 Å². The minimum atomic E-state index is -0.0445. The Morgan fingerprint density at radius 1 is 1.73 bits per heavy atom. The molecule has 1 heterocycles. The van der Waals surface area contributed by atoms with Crippen LogP contribution < -0.4 is 5.32 Å². The minimum absolute atomic E-state index is 0.0445. The van der Waals surface area contributed by atoms with Crippen molar-refractivity contribution in [3.8, 4) is 0 Å². The van der Waals surface area contributed by atoms with Gasteiger partial charge in [0, 0.05) is 11.8 Å². The predicted octanol–water partition coefficient (Wildman–Crippen LogP) is 2.08. The number of oxime groups is 1. The van der Waals surface area contributed by atoms with Crippen molar-refractivity contribution < 1.29 is 10.0 Å². The molecule has 0 unspecified atom stereocenters. The minimum Gasteiger partial charge on any atom is -0.411 e. The van der Waals surface area contributed by atoms with Gasteiger partial charge in [0.2, 0.25) is 5.91 Å². The summed E-state index contributed by atoms with van der Waals surface area (Å²) < 4.78 is 0. The fourth-order valence-corrected chi connectivity index (χ4v) is 1.73. The van der Waals surface area contributed by atoms with E-state index in [-0.39, 0.29) is 5.91 Å². The zero-order valence-electron chi connectivity index (χ0n) is 8.65. The van der Waals surface area contributed by atoms with Gasteiger partial charge < -0.3 is 10.5 Å². The van der Waals surface area contributed by atoms with E-state index >= 15 is 0 Å². The summed E-state index contributed by atoms with van der Waals surface area (Å²) in [5.41, 5.74) is 1.01. The number of hydrogen-bond acceptors (Lipinski definition) is 5. The number of nitrogens with zero attached hydrogens (tertiary/aromatic N) is 2. The Morgan fingerprint density at radius 2 is 2.47 bits per heavy atom. The molecule has 1 rings (SSSR count). The number of anilines is 1. The second-order valence-electron chi connectivity index (χ2n) is 3.02. The standard InChI is InChI=1S/C9H13N3O2S/c1-3-4-8(13)11-9-10-7(5-15-9)6(2)12-14/h5,14H,3-4H2,1-2H3,(H,10,11,13). The van der Waals surface area contributed by atoms with Gasteiger partial charge >= 0.3 is 0 Å². The first-order valence-electron chi connectivity index (χ1n) is 4.61. The molecule has 0 saturated carbocycles. The van der Waals surface area contributed by atoms with Gasteiger partial charge in [0.15, 0.2) is 5.13 Å². The van der Waals surface area contributed by atoms with Crippen molar-refractivity contribution in [2.45, 2.75) is 26.7 Å². The fourth-order valence-electron chi connectivity index (χ4n) is 0.957. The summed E-state index contributed by atoms with van der Waals surface area (Å²) in [5.74, 6) is -0.0445. The lowest BCUT2D eigenvalue weighted by molar-refractivity contribution is -0.116. The number of aromatic nitrogens is 1. The van der Waals surface area contributed by atoms with Crippen molar-refractivity contribution in [2.24, 2.45) is 5.16 Å². The third-order valence-corrected chi connectivity index (χ3v) is 2.51. The Morgan fingerprint density at radius 3 is 3.07 bits per heavy atom. The van der Waals surface area contributed by atoms with E-state index in [0.717, 1.165) is 6.42 Å². The summed E-state index contributed by atoms with van der Waals surface area (Å²) in [6.45, 7) is 3.59. The SMILES string of the molecule is CCCC(=O)Nc1nc(C(C)=NO)cs1. The van der Waals surface area contributed by atoms with Gasteiger partial charge in [-0.15, -0.1) is 11.3 Å². The first-order valence-corrected chi connectivity index (χ1v) is 5.49. The average molecular weight is 227 g/mol. The number of nitrogens with one attached hydrogen (secondary N) is 1. The van der Waals surface area contributed by atoms with Gasteiger partial charge in [0.05, 0.1) is 0 Å². The van der Waals surface area contributed by atoms with Crippen molar-refractivity contribution in [3.63, 3.8) is 0 Å². The number of hydrogen-bond donors (Lipinski definition) is 2. The molecule has 2 N–H and O–H groups in total. The molecule has 0 radical (unpaired) electrons. The lowest BCUT2D eigenvalue weighted by atomic mass is 10.3. The lowest BCUT2D eigenvalue weighted by Crippen LogP contribution is -2.10. The highest BCUT2D eigenvalue weighted by Crippen LogP contribution is 2.16. The van der Waals surface area contributed by atoms with E-state index in [9.17, 15) is 4.79 Å². The van der Waals surface area contributed by atoms with Crippen LogP contribution in [0.5, 0.6) is 0 Å². The predicted molar refractivity (Wildman–Crippen MR) is 59.6 cm³/mol. The van der Waals surface area contributed by atoms with Crippen LogP contribution >= 0.6 is 11.3 Å². The molecule has 0 fully saturated rings. The molecular weight excluding hydrogens is 214 g/mol. The topological polar surface area (TPSA) is 74.6 Å². The molecular formula is C9H13N3O2S. The highest BCUT2D eigenvalue weighted by atomic mass is 32.1. The van der Waals surface area contributed by atoms with Crippen LogP contribution in [0.4, 0.5) is 5.13 Å². The monoisotopic (exact) mass is 227 g/mol. The molecule has 5 nitrogen and oxygen atoms in total. The first kappa shape index (κ1) is 11.6. The number of amides is 1. The van der Waals surface area contributed by atoms with Gasteiger partial charge in [0.25, 0.3) is 0 Å². The van der Waals surface area contributed by atoms with E-state index in [1.807, 2.05) is 6.92 Å². The van der Waals surface area contributed by atoms with E-state index < -0.39 is 0 Å². The Labute approximate surface area is 91.8 Å². The third kappa shape index (κ3) is 3.32. The van der Waals surface area contributed by atoms with Gasteiger partial charge in [-0.3, -0.25) is 4.79 Å². The summed E-state index contributed by atoms with van der Waals surface area (Å²) in [4.78, 5) is 15.3. The van der Waals surface area contributed by atoms with E-state index in [1.165, 1.54) is 11.3 Å². The molecule has 0 atom stereocenters. The van der Waals surface area contributed by atoms with Crippen LogP contribution in [0.15, 0.2) is 10.5 Å². The molecule has 15 heavy (non-hydrogen) atoms. The summed E-state index contributed by atoms with van der Waals surface area (Å²) in [6, 6.07) is 0. The maximum Gasteiger partial charge on any atom is 0.226 e. The smallest absolute Gasteiger partial charge is 0.226 e. The van der Waals surface area contributed by atoms with Crippen LogP contribution in [0.2, 0.25) is 0 Å². The summed E-state index contributed by atoms with van der Waals surface area (Å²) in [6.07, 6.45) is 1.29. The molecule has 0 aliphatic carbocycles. The lowest BCUT2D eigenvalue weighted by Gasteiger charge is -1.98. The van der Waals surface area contributed by atoms with E-state index in [4.69, 9.17) is 5.21 Å². The van der Waals surface area contributed by atoms with E-state index in [2.05, 4.69) is 15.5 Å². The average Bonchev–Trinajstić information content (AvgIpc) is 2.65. The highest BCUT2D eigenvalue weighted by molar-refractivity contribution is 7.14. The van der Waals surface area contributed by atoms with Gasteiger partial charge in [-0.05, 0) is 13.3 Å². The van der Waals surface area contributed by atoms with E-state index in [0.29, 0.717) is 23.0 Å². The number of thiazole rings is 1. The zero-order chi connectivity index (χ0) is 11.3. The molecule has 0 aliphatic rings. The molecule has 6 heteroatoms. The second kappa shape index (κ2) is 5.45. The van der Waals surface area contributed by atoms with Crippen LogP contribution in [0.3, 0.4) is 0 Å². The van der Waals surface area contributed by atoms with Crippen LogP contribution in [0.1, 0.15) is 32.4 Å². The summed E-state index contributed by atoms with van der Waals surface area (Å²) in [5, 5.41) is 16.5. The summed E-state index contributed by atoms with van der Waals surface area (Å²) in [7, 11) is 0. The molecule has 0 aliphatic heterocycles. The van der Waals surface area contributed by atoms with Gasteiger partial charge in [-0.2, -0.15) is 0 Å². The molecule has 0 bridgehead atoms. The van der Waals surface area contributed by atoms with Crippen LogP contribution in [-0.2, 0) is 4.79 Å². The molecule has 82 valence electrons. The number of carbonyl (C=O) groups excluding carboxylic acids is 1. The van der Waals surface area contributed by atoms with Crippen molar-refractivity contribution in [3.05, 3.63) is 11.1 Å². The second-order valence-corrected chi connectivity index (χ2v) is 3.88. The van der Waals surface area contributed by atoms with Crippen LogP contribution in [0.25, 0.3) is 0 Å². The Bertz CT molecular complexity index is 373. The van der Waals surface area contributed by atoms with E-state index in [1.54, 1.807) is 12.3 Å². The van der Waals surface area contributed by atoms with Crippen LogP contribution in [0, 0.1) is 0 Å². The zero-order valence-corrected chi connectivity index (χ0v) is 9.47. The summed E-state index contributed by atoms with van der Waals surface area (Å²) >= 11 is 1.31. The van der Waals surface area contributed by atoms with Crippen LogP contribution in [-0.4, -0.2) is 21.8 Å². The largest absolute Gasteiger partial charge is 0.411 e. The van der Waals surface area contributed by atoms with Gasteiger partial charge in [-0.25, -0.2) is 4.98 Å². The Kier molecular flexibility index (Phi) is 4.23. The molecule has 0 aromatic carbocycles. The normalized spacial score (nSPS) is 11.5. The van der Waals surface area contributed by atoms with Crippen molar-refractivity contribution >= 4 is 28.1 Å². The molecule has 1 aromatic heterocycles. The molecule has 1 amide bonds. The molecule has 0 saturated heterocycles. The van der Waals surface area contributed by atoms with Crippen molar-refractivity contribution in [1.82, 2.24) is 4.98 Å². The quantitative estimate of drug-likeness (QED) is 0.470. The highest BCUT2D eigenvalue weighted by Gasteiger charge is 2.07. The van der Waals surface area contributed by atoms with Gasteiger partial charge in [0.1, 0.15) is 11.4 Å². The third-order valence-electron chi connectivity index (χ3n) is 1.75. The Hall–Kier alpha value is -1.43. The first-order chi connectivity index (χ1) is 7.17. The Balaban J connectivity index is 2.64.